The van der Waals surface area contributed by atoms with E-state index >= 15 is 0 Å². The van der Waals surface area contributed by atoms with Crippen LogP contribution < -0.4 is 4.90 Å². The minimum Gasteiger partial charge on any atom is -0.307 e. The highest BCUT2D eigenvalue weighted by molar-refractivity contribution is 7.19. The quantitative estimate of drug-likeness (QED) is 0.767. The summed E-state index contributed by atoms with van der Waals surface area (Å²) in [5.74, 6) is -0.287. The van der Waals surface area contributed by atoms with Gasteiger partial charge in [0, 0.05) is 32.4 Å². The number of carbonyl (C=O) groups excluding carboxylic acids is 1. The molecule has 1 aromatic carbocycles. The van der Waals surface area contributed by atoms with Gasteiger partial charge in [0.1, 0.15) is 11.9 Å². The van der Waals surface area contributed by atoms with Crippen LogP contribution >= 0.6 is 11.3 Å². The van der Waals surface area contributed by atoms with Crippen LogP contribution in [0.2, 0.25) is 0 Å². The molecule has 0 radical (unpaired) electrons. The van der Waals surface area contributed by atoms with Crippen LogP contribution in [0, 0.1) is 17.3 Å². The summed E-state index contributed by atoms with van der Waals surface area (Å²) >= 11 is 1.42. The molecule has 0 N–H and O–H groups in total. The van der Waals surface area contributed by atoms with Gasteiger partial charge in [-0.15, -0.1) is 0 Å². The Labute approximate surface area is 148 Å². The van der Waals surface area contributed by atoms with Gasteiger partial charge in [-0.05, 0) is 17.7 Å². The molecule has 2 aliphatic heterocycles. The second kappa shape index (κ2) is 6.43. The standard InChI is InChI=1S/C17H16FN5OS/c18-13-3-1-12(2-4-13)15-9-20-17(25-15)23-8-7-22-6-5-21(11-19)10-14(22)16(23)24/h1-4,9,14H,5-8,10H2. The highest BCUT2D eigenvalue weighted by atomic mass is 32.1. The molecule has 1 atom stereocenters. The zero-order valence-corrected chi connectivity index (χ0v) is 14.2. The third kappa shape index (κ3) is 2.97. The van der Waals surface area contributed by atoms with Crippen LogP contribution in [0.3, 0.4) is 0 Å². The van der Waals surface area contributed by atoms with E-state index in [0.717, 1.165) is 23.5 Å². The number of thiazole rings is 1. The van der Waals surface area contributed by atoms with E-state index in [2.05, 4.69) is 16.1 Å². The number of fused-ring (bicyclic) bond motifs is 1. The second-order valence-corrected chi connectivity index (χ2v) is 7.11. The SMILES string of the molecule is N#CN1CCN2CCN(c3ncc(-c4ccc(F)cc4)s3)C(=O)C2C1. The van der Waals surface area contributed by atoms with E-state index in [0.29, 0.717) is 24.8 Å². The minimum atomic E-state index is -0.291. The number of anilines is 1. The largest absolute Gasteiger partial charge is 0.307 e. The fourth-order valence-electron chi connectivity index (χ4n) is 3.26. The first-order chi connectivity index (χ1) is 12.2. The van der Waals surface area contributed by atoms with Gasteiger partial charge in [0.25, 0.3) is 0 Å². The van der Waals surface area contributed by atoms with Crippen LogP contribution in [-0.4, -0.2) is 59.5 Å². The van der Waals surface area contributed by atoms with E-state index in [-0.39, 0.29) is 17.8 Å². The summed E-state index contributed by atoms with van der Waals surface area (Å²) < 4.78 is 13.1. The first kappa shape index (κ1) is 16.0. The lowest BCUT2D eigenvalue weighted by Crippen LogP contribution is -2.64. The third-order valence-corrected chi connectivity index (χ3v) is 5.72. The van der Waals surface area contributed by atoms with Crippen LogP contribution in [0.1, 0.15) is 0 Å². The van der Waals surface area contributed by atoms with E-state index in [1.165, 1.54) is 23.5 Å². The smallest absolute Gasteiger partial charge is 0.248 e. The Morgan fingerprint density at radius 2 is 1.96 bits per heavy atom. The molecule has 2 aromatic rings. The van der Waals surface area contributed by atoms with Crippen molar-refractivity contribution in [1.29, 1.82) is 5.26 Å². The molecule has 4 rings (SSSR count). The molecule has 0 saturated carbocycles. The molecule has 25 heavy (non-hydrogen) atoms. The predicted octanol–water partition coefficient (Wildman–Crippen LogP) is 1.76. The van der Waals surface area contributed by atoms with Crippen LogP contribution in [-0.2, 0) is 4.79 Å². The Morgan fingerprint density at radius 3 is 2.72 bits per heavy atom. The summed E-state index contributed by atoms with van der Waals surface area (Å²) in [7, 11) is 0. The highest BCUT2D eigenvalue weighted by Gasteiger charge is 2.39. The minimum absolute atomic E-state index is 0.00814. The van der Waals surface area contributed by atoms with Gasteiger partial charge < -0.3 is 4.90 Å². The molecular formula is C17H16FN5OS. The van der Waals surface area contributed by atoms with Crippen LogP contribution in [0.4, 0.5) is 9.52 Å². The maximum Gasteiger partial charge on any atom is 0.248 e. The van der Waals surface area contributed by atoms with Crippen molar-refractivity contribution in [3.8, 4) is 16.6 Å². The summed E-state index contributed by atoms with van der Waals surface area (Å²) in [6.45, 7) is 3.21. The van der Waals surface area contributed by atoms with Gasteiger partial charge in [-0.3, -0.25) is 14.6 Å². The Bertz CT molecular complexity index is 830. The average molecular weight is 357 g/mol. The maximum absolute atomic E-state index is 13.1. The van der Waals surface area contributed by atoms with E-state index in [9.17, 15) is 9.18 Å². The van der Waals surface area contributed by atoms with Crippen LogP contribution in [0.5, 0.6) is 0 Å². The number of benzene rings is 1. The molecule has 6 nitrogen and oxygen atoms in total. The van der Waals surface area contributed by atoms with Gasteiger partial charge in [-0.2, -0.15) is 5.26 Å². The van der Waals surface area contributed by atoms with Gasteiger partial charge in [0.2, 0.25) is 5.91 Å². The van der Waals surface area contributed by atoms with Crippen molar-refractivity contribution in [2.24, 2.45) is 0 Å². The molecule has 0 aliphatic carbocycles. The normalized spacial score (nSPS) is 21.1. The predicted molar refractivity (Wildman–Crippen MR) is 92.4 cm³/mol. The average Bonchev–Trinajstić information content (AvgIpc) is 3.12. The number of rotatable bonds is 2. The molecule has 1 unspecified atom stereocenters. The van der Waals surface area contributed by atoms with Gasteiger partial charge >= 0.3 is 0 Å². The zero-order chi connectivity index (χ0) is 17.4. The lowest BCUT2D eigenvalue weighted by molar-refractivity contribution is -0.127. The molecule has 1 amide bonds. The molecule has 3 heterocycles. The summed E-state index contributed by atoms with van der Waals surface area (Å²) in [6.07, 6.45) is 3.85. The summed E-state index contributed by atoms with van der Waals surface area (Å²) in [4.78, 5) is 23.7. The van der Waals surface area contributed by atoms with Gasteiger partial charge in [-0.25, -0.2) is 9.37 Å². The van der Waals surface area contributed by atoms with Gasteiger partial charge in [0.05, 0.1) is 11.4 Å². The molecule has 1 aromatic heterocycles. The van der Waals surface area contributed by atoms with Crippen LogP contribution in [0.25, 0.3) is 10.4 Å². The molecule has 2 fully saturated rings. The van der Waals surface area contributed by atoms with Crippen molar-refractivity contribution in [1.82, 2.24) is 14.8 Å². The van der Waals surface area contributed by atoms with E-state index in [4.69, 9.17) is 5.26 Å². The molecule has 2 saturated heterocycles. The first-order valence-electron chi connectivity index (χ1n) is 8.07. The number of piperazine rings is 2. The second-order valence-electron chi connectivity index (χ2n) is 6.10. The maximum atomic E-state index is 13.1. The van der Waals surface area contributed by atoms with Crippen molar-refractivity contribution in [3.63, 3.8) is 0 Å². The van der Waals surface area contributed by atoms with Crippen LogP contribution in [0.15, 0.2) is 30.5 Å². The summed E-state index contributed by atoms with van der Waals surface area (Å²) in [5, 5.41) is 9.75. The number of aromatic nitrogens is 1. The molecular weight excluding hydrogens is 341 g/mol. The number of carbonyl (C=O) groups is 1. The monoisotopic (exact) mass is 357 g/mol. The molecule has 8 heteroatoms. The lowest BCUT2D eigenvalue weighted by atomic mass is 10.1. The Morgan fingerprint density at radius 1 is 1.20 bits per heavy atom. The first-order valence-corrected chi connectivity index (χ1v) is 8.89. The zero-order valence-electron chi connectivity index (χ0n) is 13.4. The number of nitriles is 1. The number of hydrogen-bond acceptors (Lipinski definition) is 6. The molecule has 2 aliphatic rings. The Balaban J connectivity index is 1.55. The Hall–Kier alpha value is -2.50. The van der Waals surface area contributed by atoms with Crippen molar-refractivity contribution >= 4 is 22.4 Å². The van der Waals surface area contributed by atoms with E-state index in [1.54, 1.807) is 28.1 Å². The highest BCUT2D eigenvalue weighted by Crippen LogP contribution is 2.33. The van der Waals surface area contributed by atoms with Crippen molar-refractivity contribution < 1.29 is 9.18 Å². The van der Waals surface area contributed by atoms with Crippen molar-refractivity contribution in [2.45, 2.75) is 6.04 Å². The summed E-state index contributed by atoms with van der Waals surface area (Å²) in [6, 6.07) is 5.95. The fraction of sp³-hybridized carbons (Fsp3) is 0.353. The van der Waals surface area contributed by atoms with E-state index in [1.807, 2.05) is 0 Å². The van der Waals surface area contributed by atoms with E-state index < -0.39 is 0 Å². The number of amides is 1. The topological polar surface area (TPSA) is 63.5 Å². The number of hydrogen-bond donors (Lipinski definition) is 0. The fourth-order valence-corrected chi connectivity index (χ4v) is 4.21. The van der Waals surface area contributed by atoms with Gasteiger partial charge in [0.15, 0.2) is 11.3 Å². The van der Waals surface area contributed by atoms with Crippen molar-refractivity contribution in [2.75, 3.05) is 37.6 Å². The van der Waals surface area contributed by atoms with Gasteiger partial charge in [-0.1, -0.05) is 23.5 Å². The molecule has 128 valence electrons. The number of halogens is 1. The lowest BCUT2D eigenvalue weighted by Gasteiger charge is -2.44. The van der Waals surface area contributed by atoms with Crippen molar-refractivity contribution in [3.05, 3.63) is 36.3 Å². The summed E-state index contributed by atoms with van der Waals surface area (Å²) in [5.41, 5.74) is 0.879. The molecule has 0 bridgehead atoms. The third-order valence-electron chi connectivity index (χ3n) is 4.65. The Kier molecular flexibility index (Phi) is 4.11. The number of nitrogens with zero attached hydrogens (tertiary/aromatic N) is 5. The molecule has 0 spiro atoms.